The third-order valence-electron chi connectivity index (χ3n) is 20.7. The maximum Gasteiger partial charge on any atom is 0.189 e. The second-order valence-electron chi connectivity index (χ2n) is 28.5. The normalized spacial score (nSPS) is 17.8. The van der Waals surface area contributed by atoms with Crippen LogP contribution in [0.1, 0.15) is 90.5 Å². The van der Waals surface area contributed by atoms with Crippen molar-refractivity contribution < 1.29 is 5.11 Å². The standard InChI is InChI=1S/C22H28N6S.C21H26N6S.C21H24N6S.C19H22N6OS/c1-16(2)17-5-7-18(8-6-17)27-12-14-28(15-13-27)22(29)26-25-20-9-11-23-19-4-3-10-24-21(19)20;1-15-12-16(2)14-17(13-15)26-8-10-27(11-9-26)21(28)25-24-19-5-7-22-18-4-3-6-23-20(18)19;1-2-16-5-7-17(8-6-16)26-12-14-27(15-13-26)21(28)25-24-19-9-11-22-18-4-3-10-23-20(18)19;26-17-6-2-1-5-16(17)24-10-12-25(13-11-24)19(27)23-22-15-7-9-20-14-4-3-8-21-18(14)15/h3-8,10,16,23H,9,11-15H2,1-2H3,(H,26,29);3-4,6,12-14,22H,5,7-11H2,1-2H3,(H,25,28);2-8,10,22H,1,9,11-15H2,(H,25,28);1-6,8,20,26H,7,9-13H2,(H,23,27)/b25-20-;2*24-19-;22-15-. The van der Waals surface area contributed by atoms with Crippen LogP contribution in [-0.2, 0) is 0 Å². The number of nitrogens with one attached hydrogen (secondary N) is 8. The molecule has 16 rings (SSSR count). The first-order valence-corrected chi connectivity index (χ1v) is 40.2. The topological polar surface area (TPSA) is 243 Å². The molecule has 25 nitrogen and oxygen atoms in total. The van der Waals surface area contributed by atoms with Gasteiger partial charge in [0.05, 0.1) is 51.3 Å². The molecule has 4 fully saturated rings. The van der Waals surface area contributed by atoms with Crippen LogP contribution in [0.2, 0.25) is 0 Å². The number of nitrogens with zero attached hydrogens (tertiary/aromatic N) is 16. The van der Waals surface area contributed by atoms with E-state index in [-0.39, 0.29) is 0 Å². The number of aryl methyl sites for hydroxylation is 2. The van der Waals surface area contributed by atoms with Crippen molar-refractivity contribution in [3.05, 3.63) is 216 Å². The highest BCUT2D eigenvalue weighted by molar-refractivity contribution is 7.80. The number of aromatic nitrogens is 4. The summed E-state index contributed by atoms with van der Waals surface area (Å²) in [5, 5.41) is 44.3. The van der Waals surface area contributed by atoms with E-state index in [1.54, 1.807) is 30.9 Å². The molecule has 4 aromatic carbocycles. The molecule has 0 amide bonds. The third-order valence-corrected chi connectivity index (χ3v) is 22.1. The SMILES string of the molecule is C=Cc1ccc(N2CCN(C(=S)N/N=C3/CCNc4cccnc43)CC2)cc1.CC(C)c1ccc(N2CCN(C(=S)N/N=C3/CCNc4cccnc43)CC2)cc1.Cc1cc(C)cc(N2CCN(C(=S)N/N=C3/CCNc4cccnc43)CC2)c1.Oc1ccccc1N1CCN(C(=S)N/N=C2/CCNc3cccnc32)CC1. The van der Waals surface area contributed by atoms with Gasteiger partial charge in [-0.25, -0.2) is 0 Å². The summed E-state index contributed by atoms with van der Waals surface area (Å²) < 4.78 is 0. The Kier molecular flexibility index (Phi) is 27.3. The van der Waals surface area contributed by atoms with Crippen molar-refractivity contribution in [1.82, 2.24) is 61.2 Å². The maximum absolute atomic E-state index is 10.0. The van der Waals surface area contributed by atoms with Gasteiger partial charge in [0.1, 0.15) is 28.5 Å². The smallest absolute Gasteiger partial charge is 0.189 e. The molecule has 582 valence electrons. The first-order valence-electron chi connectivity index (χ1n) is 38.6. The molecule has 0 spiro atoms. The molecule has 12 heterocycles. The van der Waals surface area contributed by atoms with Crippen LogP contribution in [0.3, 0.4) is 0 Å². The Hall–Kier alpha value is -11.1. The van der Waals surface area contributed by atoms with Gasteiger partial charge in [0, 0.05) is 198 Å². The Morgan fingerprint density at radius 3 is 1.04 bits per heavy atom. The average Bonchev–Trinajstić information content (AvgIpc) is 0.853. The van der Waals surface area contributed by atoms with Crippen molar-refractivity contribution in [1.29, 1.82) is 0 Å². The number of phenolic OH excluding ortho intramolecular Hbond substituents is 1. The highest BCUT2D eigenvalue weighted by atomic mass is 32.1. The number of anilines is 8. The summed E-state index contributed by atoms with van der Waals surface area (Å²) in [5.74, 6) is 0.878. The summed E-state index contributed by atoms with van der Waals surface area (Å²) in [6, 6.07) is 47.4. The predicted molar refractivity (Wildman–Crippen MR) is 475 cm³/mol. The summed E-state index contributed by atoms with van der Waals surface area (Å²) >= 11 is 22.3. The Labute approximate surface area is 678 Å². The van der Waals surface area contributed by atoms with Crippen LogP contribution in [0.15, 0.2) is 191 Å². The number of hydrogen-bond donors (Lipinski definition) is 9. The first kappa shape index (κ1) is 79.0. The molecule has 0 atom stereocenters. The van der Waals surface area contributed by atoms with E-state index in [4.69, 9.17) is 48.9 Å². The van der Waals surface area contributed by atoms with Gasteiger partial charge < -0.3 is 65.6 Å². The van der Waals surface area contributed by atoms with Crippen molar-refractivity contribution in [2.24, 2.45) is 20.4 Å². The molecule has 0 bridgehead atoms. The first-order chi connectivity index (χ1) is 54.7. The quantitative estimate of drug-likeness (QED) is 0.0456. The van der Waals surface area contributed by atoms with Crippen LogP contribution in [0.25, 0.3) is 6.08 Å². The molecule has 8 aromatic rings. The van der Waals surface area contributed by atoms with Gasteiger partial charge in [-0.2, -0.15) is 20.4 Å². The van der Waals surface area contributed by atoms with Crippen LogP contribution in [-0.4, -0.2) is 219 Å². The molecule has 4 aromatic heterocycles. The number of hydrazone groups is 4. The Balaban J connectivity index is 0.000000131. The van der Waals surface area contributed by atoms with Gasteiger partial charge >= 0.3 is 0 Å². The largest absolute Gasteiger partial charge is 0.506 e. The highest BCUT2D eigenvalue weighted by Crippen LogP contribution is 2.30. The fourth-order valence-corrected chi connectivity index (χ4v) is 15.3. The van der Waals surface area contributed by atoms with Crippen LogP contribution in [0.4, 0.5) is 45.5 Å². The summed E-state index contributed by atoms with van der Waals surface area (Å²) in [4.78, 5) is 35.8. The highest BCUT2D eigenvalue weighted by Gasteiger charge is 2.27. The fourth-order valence-electron chi connectivity index (χ4n) is 14.4. The lowest BCUT2D eigenvalue weighted by Gasteiger charge is -2.37. The van der Waals surface area contributed by atoms with Gasteiger partial charge in [-0.3, -0.25) is 41.6 Å². The van der Waals surface area contributed by atoms with Gasteiger partial charge in [0.25, 0.3) is 0 Å². The zero-order chi connectivity index (χ0) is 77.7. The van der Waals surface area contributed by atoms with Crippen LogP contribution >= 0.6 is 48.9 Å². The number of hydrogen-bond acceptors (Lipinski definition) is 21. The van der Waals surface area contributed by atoms with Crippen LogP contribution in [0.5, 0.6) is 5.75 Å². The minimum atomic E-state index is 0.315. The number of fused-ring (bicyclic) bond motifs is 4. The number of benzene rings is 4. The van der Waals surface area contributed by atoms with Crippen LogP contribution in [0, 0.1) is 13.8 Å². The molecule has 4 saturated heterocycles. The van der Waals surface area contributed by atoms with Crippen molar-refractivity contribution in [3.63, 3.8) is 0 Å². The number of thiocarbonyl (C=S) groups is 4. The van der Waals surface area contributed by atoms with E-state index in [2.05, 4.69) is 224 Å². The van der Waals surface area contributed by atoms with E-state index >= 15 is 0 Å². The number of aromatic hydroxyl groups is 1. The fraction of sp³-hybridized carbons (Fsp3) is 0.349. The third kappa shape index (κ3) is 20.7. The van der Waals surface area contributed by atoms with Crippen molar-refractivity contribution in [3.8, 4) is 5.75 Å². The molecular formula is C83H100N24OS4. The van der Waals surface area contributed by atoms with Crippen molar-refractivity contribution in [2.75, 3.05) is 172 Å². The molecule has 0 unspecified atom stereocenters. The summed E-state index contributed by atoms with van der Waals surface area (Å²) in [6.07, 6.45) is 12.3. The summed E-state index contributed by atoms with van der Waals surface area (Å²) in [7, 11) is 0. The lowest BCUT2D eigenvalue weighted by Crippen LogP contribution is -2.51. The number of phenols is 1. The monoisotopic (exact) mass is 1580 g/mol. The Morgan fingerprint density at radius 1 is 0.402 bits per heavy atom. The van der Waals surface area contributed by atoms with E-state index in [1.165, 1.54) is 33.8 Å². The average molecular weight is 1580 g/mol. The molecule has 112 heavy (non-hydrogen) atoms. The van der Waals surface area contributed by atoms with Gasteiger partial charge in [-0.1, -0.05) is 69.0 Å². The maximum atomic E-state index is 10.0. The Morgan fingerprint density at radius 2 is 0.714 bits per heavy atom. The molecule has 9 N–H and O–H groups in total. The van der Waals surface area contributed by atoms with E-state index < -0.39 is 0 Å². The second-order valence-corrected chi connectivity index (χ2v) is 30.0. The predicted octanol–water partition coefficient (Wildman–Crippen LogP) is 11.3. The molecule has 8 aliphatic heterocycles. The van der Waals surface area contributed by atoms with Crippen molar-refractivity contribution in [2.45, 2.75) is 59.3 Å². The molecule has 0 aliphatic carbocycles. The van der Waals surface area contributed by atoms with Gasteiger partial charge in [-0.15, -0.1) is 0 Å². The number of rotatable bonds is 10. The molecular weight excluding hydrogens is 1480 g/mol. The minimum absolute atomic E-state index is 0.315. The van der Waals surface area contributed by atoms with Gasteiger partial charge in [-0.05, 0) is 188 Å². The summed E-state index contributed by atoms with van der Waals surface area (Å²) in [5.41, 5.74) is 33.6. The second kappa shape index (κ2) is 38.7. The zero-order valence-electron chi connectivity index (χ0n) is 64.2. The molecule has 0 saturated carbocycles. The number of para-hydroxylation sites is 2. The van der Waals surface area contributed by atoms with E-state index in [0.717, 1.165) is 236 Å². The van der Waals surface area contributed by atoms with Gasteiger partial charge in [0.2, 0.25) is 0 Å². The molecule has 0 radical (unpaired) electrons. The molecule has 8 aliphatic rings. The van der Waals surface area contributed by atoms with Crippen molar-refractivity contribution >= 4 is 144 Å². The van der Waals surface area contributed by atoms with E-state index in [0.29, 0.717) is 32.1 Å². The zero-order valence-corrected chi connectivity index (χ0v) is 67.4. The van der Waals surface area contributed by atoms with Crippen LogP contribution < -0.4 is 62.6 Å². The van der Waals surface area contributed by atoms with E-state index in [9.17, 15) is 5.11 Å². The van der Waals surface area contributed by atoms with Gasteiger partial charge in [0.15, 0.2) is 20.4 Å². The minimum Gasteiger partial charge on any atom is -0.506 e. The Bertz CT molecular complexity index is 4690. The lowest BCUT2D eigenvalue weighted by atomic mass is 10.0. The molecule has 29 heteroatoms. The number of piperazine rings is 4. The lowest BCUT2D eigenvalue weighted by molar-refractivity contribution is 0.378. The number of pyridine rings is 4. The van der Waals surface area contributed by atoms with E-state index in [1.807, 2.05) is 72.8 Å². The summed E-state index contributed by atoms with van der Waals surface area (Å²) in [6.45, 7) is 30.1.